The van der Waals surface area contributed by atoms with Gasteiger partial charge in [-0.1, -0.05) is 60.5 Å². The maximum Gasteiger partial charge on any atom is 0.474 e. The number of allylic oxidation sites excluding steroid dienone is 10. The zero-order valence-electron chi connectivity index (χ0n) is 24.2. The molecule has 0 spiro atoms. The minimum absolute atomic E-state index is 0.0218. The van der Waals surface area contributed by atoms with Gasteiger partial charge in [0.1, 0.15) is 6.61 Å². The van der Waals surface area contributed by atoms with E-state index in [0.717, 1.165) is 18.4 Å². The number of unbranched alkanes of at least 4 members (excludes halogenated alkanes) is 2. The van der Waals surface area contributed by atoms with Gasteiger partial charge in [-0.25, -0.2) is 4.57 Å². The molecule has 0 heterocycles. The lowest BCUT2D eigenvalue weighted by Crippen LogP contribution is -2.19. The Labute approximate surface area is 230 Å². The number of nitriles is 1. The average Bonchev–Trinajstić information content (AvgIpc) is 2.85. The summed E-state index contributed by atoms with van der Waals surface area (Å²) in [5.41, 5.74) is 5.54. The molecule has 0 aliphatic heterocycles. The third kappa shape index (κ3) is 14.6. The minimum atomic E-state index is -3.59. The van der Waals surface area contributed by atoms with Crippen molar-refractivity contribution in [1.82, 2.24) is 0 Å². The molecule has 7 nitrogen and oxygen atoms in total. The molecule has 1 aliphatic carbocycles. The largest absolute Gasteiger partial charge is 0.474 e. The Morgan fingerprint density at radius 3 is 2.47 bits per heavy atom. The van der Waals surface area contributed by atoms with Crippen LogP contribution in [0.1, 0.15) is 86.5 Å². The lowest BCUT2D eigenvalue weighted by atomic mass is 9.72. The summed E-state index contributed by atoms with van der Waals surface area (Å²) < 4.78 is 27.8. The molecule has 0 bridgehead atoms. The van der Waals surface area contributed by atoms with E-state index in [2.05, 4.69) is 57.2 Å². The normalized spacial score (nSPS) is 18.4. The van der Waals surface area contributed by atoms with Gasteiger partial charge >= 0.3 is 7.82 Å². The van der Waals surface area contributed by atoms with E-state index in [0.29, 0.717) is 13.0 Å². The van der Waals surface area contributed by atoms with E-state index in [1.807, 2.05) is 25.1 Å². The first-order valence-electron chi connectivity index (χ1n) is 13.6. The smallest absolute Gasteiger partial charge is 0.396 e. The van der Waals surface area contributed by atoms with E-state index >= 15 is 0 Å². The van der Waals surface area contributed by atoms with Crippen molar-refractivity contribution < 1.29 is 23.0 Å². The molecule has 0 aromatic heterocycles. The third-order valence-corrected chi connectivity index (χ3v) is 7.70. The quantitative estimate of drug-likeness (QED) is 0.0561. The predicted octanol–water partition coefficient (Wildman–Crippen LogP) is 8.78. The van der Waals surface area contributed by atoms with Gasteiger partial charge in [0.05, 0.1) is 38.5 Å². The maximum absolute atomic E-state index is 12.3. The van der Waals surface area contributed by atoms with Crippen LogP contribution in [-0.4, -0.2) is 32.6 Å². The van der Waals surface area contributed by atoms with Crippen molar-refractivity contribution >= 4 is 14.0 Å². The van der Waals surface area contributed by atoms with Gasteiger partial charge in [0.25, 0.3) is 0 Å². The van der Waals surface area contributed by atoms with E-state index in [9.17, 15) is 4.57 Å². The number of rotatable bonds is 18. The molecule has 0 radical (unpaired) electrons. The fourth-order valence-electron chi connectivity index (χ4n) is 4.03. The van der Waals surface area contributed by atoms with Crippen LogP contribution in [0.2, 0.25) is 0 Å². The van der Waals surface area contributed by atoms with Gasteiger partial charge in [-0.3, -0.25) is 13.6 Å². The monoisotopic (exact) mass is 546 g/mol. The molecule has 1 rings (SSSR count). The first-order chi connectivity index (χ1) is 18.1. The second-order valence-electron chi connectivity index (χ2n) is 10.0. The Morgan fingerprint density at radius 1 is 1.05 bits per heavy atom. The molecule has 1 aliphatic rings. The molecule has 38 heavy (non-hydrogen) atoms. The topological polar surface area (TPSA) is 90.1 Å². The van der Waals surface area contributed by atoms with Gasteiger partial charge in [0.2, 0.25) is 0 Å². The van der Waals surface area contributed by atoms with E-state index in [-0.39, 0.29) is 31.7 Å². The molecule has 212 valence electrons. The highest BCUT2D eigenvalue weighted by molar-refractivity contribution is 7.48. The van der Waals surface area contributed by atoms with Crippen LogP contribution in [0.4, 0.5) is 0 Å². The molecule has 0 aromatic carbocycles. The van der Waals surface area contributed by atoms with Crippen LogP contribution in [0.3, 0.4) is 0 Å². The SMILES string of the molecule is CCOP(=O)(OCCC#N)OCCCCCON=C/C=C(C)/C=C/C=C(C)/C=C/C1=C(C)CCCC1(C)C. The Balaban J connectivity index is 2.29. The molecule has 0 amide bonds. The van der Waals surface area contributed by atoms with E-state index in [1.54, 1.807) is 13.1 Å². The average molecular weight is 547 g/mol. The van der Waals surface area contributed by atoms with E-state index in [4.69, 9.17) is 23.7 Å². The summed E-state index contributed by atoms with van der Waals surface area (Å²) in [5.74, 6) is 0. The molecule has 0 fully saturated rings. The molecule has 0 N–H and O–H groups in total. The van der Waals surface area contributed by atoms with Crippen molar-refractivity contribution in [3.63, 3.8) is 0 Å². The van der Waals surface area contributed by atoms with Crippen molar-refractivity contribution in [2.24, 2.45) is 10.6 Å². The summed E-state index contributed by atoms with van der Waals surface area (Å²) in [6.45, 7) is 13.8. The standard InChI is InChI=1S/C30H47N2O5P/c1-7-35-38(33,37-25-13-21-31)36-24-10-8-9-23-34-32-22-19-27(3)15-11-14-26(2)17-18-29-28(4)16-12-20-30(29,5)6/h11,14-15,17-19,22H,7-10,12-13,16,20,23-25H2,1-6H3/b15-11+,18-17+,26-14+,27-19+,32-22?. The van der Waals surface area contributed by atoms with Crippen molar-refractivity contribution in [3.8, 4) is 6.07 Å². The highest BCUT2D eigenvalue weighted by Crippen LogP contribution is 2.49. The van der Waals surface area contributed by atoms with E-state index in [1.165, 1.54) is 36.0 Å². The number of hydrogen-bond acceptors (Lipinski definition) is 7. The summed E-state index contributed by atoms with van der Waals surface area (Å²) in [7, 11) is -3.59. The Kier molecular flexibility index (Phi) is 16.8. The highest BCUT2D eigenvalue weighted by Gasteiger charge is 2.26. The third-order valence-electron chi connectivity index (χ3n) is 6.13. The van der Waals surface area contributed by atoms with Crippen molar-refractivity contribution in [1.29, 1.82) is 5.26 Å². The van der Waals surface area contributed by atoms with Crippen LogP contribution in [0, 0.1) is 16.7 Å². The fourth-order valence-corrected chi connectivity index (χ4v) is 5.23. The summed E-state index contributed by atoms with van der Waals surface area (Å²) in [5, 5.41) is 12.5. The maximum atomic E-state index is 12.3. The summed E-state index contributed by atoms with van der Waals surface area (Å²) in [6.07, 6.45) is 20.4. The van der Waals surface area contributed by atoms with Crippen LogP contribution >= 0.6 is 7.82 Å². The second-order valence-corrected chi connectivity index (χ2v) is 11.7. The number of hydrogen-bond donors (Lipinski definition) is 0. The summed E-state index contributed by atoms with van der Waals surface area (Å²) >= 11 is 0. The first kappa shape index (κ1) is 33.8. The van der Waals surface area contributed by atoms with Crippen LogP contribution in [0.25, 0.3) is 0 Å². The number of phosphoric acid groups is 1. The van der Waals surface area contributed by atoms with E-state index < -0.39 is 7.82 Å². The van der Waals surface area contributed by atoms with Crippen LogP contribution < -0.4 is 0 Å². The molecule has 0 aromatic rings. The second kappa shape index (κ2) is 18.9. The van der Waals surface area contributed by atoms with Crippen molar-refractivity contribution in [3.05, 3.63) is 58.7 Å². The van der Waals surface area contributed by atoms with Gasteiger partial charge in [-0.2, -0.15) is 5.26 Å². The highest BCUT2D eigenvalue weighted by atomic mass is 31.2. The van der Waals surface area contributed by atoms with Gasteiger partial charge in [-0.15, -0.1) is 0 Å². The number of phosphoric ester groups is 1. The Morgan fingerprint density at radius 2 is 1.76 bits per heavy atom. The van der Waals surface area contributed by atoms with Crippen molar-refractivity contribution in [2.75, 3.05) is 26.4 Å². The predicted molar refractivity (Wildman–Crippen MR) is 156 cm³/mol. The molecule has 0 saturated heterocycles. The van der Waals surface area contributed by atoms with Crippen molar-refractivity contribution in [2.45, 2.75) is 86.5 Å². The van der Waals surface area contributed by atoms with Crippen LogP contribution in [0.15, 0.2) is 63.9 Å². The van der Waals surface area contributed by atoms with Gasteiger partial charge in [-0.05, 0) is 88.9 Å². The Hall–Kier alpha value is -2.23. The zero-order valence-corrected chi connectivity index (χ0v) is 25.1. The van der Waals surface area contributed by atoms with Gasteiger partial charge in [0, 0.05) is 0 Å². The first-order valence-corrected chi connectivity index (χ1v) is 15.1. The molecular weight excluding hydrogens is 499 g/mol. The molecule has 1 atom stereocenters. The van der Waals surface area contributed by atoms with Crippen LogP contribution in [-0.2, 0) is 23.0 Å². The lowest BCUT2D eigenvalue weighted by Gasteiger charge is -2.32. The molecular formula is C30H47N2O5P. The zero-order chi connectivity index (χ0) is 28.3. The fraction of sp³-hybridized carbons (Fsp3) is 0.600. The molecule has 0 saturated carbocycles. The van der Waals surface area contributed by atoms with Gasteiger partial charge < -0.3 is 4.84 Å². The number of nitrogens with zero attached hydrogens (tertiary/aromatic N) is 2. The Bertz CT molecular complexity index is 983. The molecule has 8 heteroatoms. The molecule has 1 unspecified atom stereocenters. The lowest BCUT2D eigenvalue weighted by molar-refractivity contribution is 0.114. The minimum Gasteiger partial charge on any atom is -0.396 e. The summed E-state index contributed by atoms with van der Waals surface area (Å²) in [6, 6.07) is 1.93. The summed E-state index contributed by atoms with van der Waals surface area (Å²) in [4.78, 5) is 5.29. The number of oxime groups is 1. The van der Waals surface area contributed by atoms with Crippen LogP contribution in [0.5, 0.6) is 0 Å². The van der Waals surface area contributed by atoms with Gasteiger partial charge in [0.15, 0.2) is 0 Å².